The number of ether oxygens (including phenoxy) is 3. The van der Waals surface area contributed by atoms with Gasteiger partial charge in [-0.3, -0.25) is 4.90 Å². The lowest BCUT2D eigenvalue weighted by atomic mass is 10.1. The van der Waals surface area contributed by atoms with Gasteiger partial charge in [0, 0.05) is 67.5 Å². The van der Waals surface area contributed by atoms with E-state index >= 15 is 0 Å². The Morgan fingerprint density at radius 3 is 2.29 bits per heavy atom. The van der Waals surface area contributed by atoms with Gasteiger partial charge in [0.1, 0.15) is 6.61 Å². The molecular weight excluding hydrogens is 567 g/mol. The molecule has 2 aromatic heterocycles. The first-order chi connectivity index (χ1) is 19.8. The van der Waals surface area contributed by atoms with Crippen LogP contribution in [0.25, 0.3) is 11.3 Å². The summed E-state index contributed by atoms with van der Waals surface area (Å²) in [5, 5.41) is 1.06. The summed E-state index contributed by atoms with van der Waals surface area (Å²) < 4.78 is 16.5. The molecule has 2 saturated heterocycles. The van der Waals surface area contributed by atoms with Crippen molar-refractivity contribution in [1.82, 2.24) is 24.8 Å². The van der Waals surface area contributed by atoms with Crippen LogP contribution in [-0.2, 0) is 20.8 Å². The van der Waals surface area contributed by atoms with E-state index in [2.05, 4.69) is 36.5 Å². The molecule has 0 N–H and O–H groups in total. The second-order valence-corrected chi connectivity index (χ2v) is 11.2. The number of benzene rings is 1. The highest BCUT2D eigenvalue weighted by Crippen LogP contribution is 2.30. The molecule has 4 heterocycles. The maximum atomic E-state index is 11.4. The van der Waals surface area contributed by atoms with Gasteiger partial charge in [0.25, 0.3) is 0 Å². The van der Waals surface area contributed by atoms with Crippen LogP contribution in [0.4, 0.5) is 5.95 Å². The number of methoxy groups -OCH3 is 1. The largest absolute Gasteiger partial charge is 0.467 e. The number of nitrogens with zero attached hydrogens (tertiary/aromatic N) is 6. The maximum absolute atomic E-state index is 11.4. The number of anilines is 1. The number of hydrogen-bond acceptors (Lipinski definition) is 10. The first-order valence-corrected chi connectivity index (χ1v) is 14.4. The third kappa shape index (κ3) is 8.27. The molecule has 2 aliphatic rings. The van der Waals surface area contributed by atoms with Crippen LogP contribution in [0.15, 0.2) is 42.7 Å². The van der Waals surface area contributed by atoms with Crippen molar-refractivity contribution in [3.8, 4) is 22.9 Å². The van der Waals surface area contributed by atoms with Gasteiger partial charge in [-0.25, -0.2) is 19.7 Å². The van der Waals surface area contributed by atoms with E-state index in [1.165, 1.54) is 7.11 Å². The summed E-state index contributed by atoms with van der Waals surface area (Å²) in [5.41, 5.74) is 2.53. The smallest absolute Gasteiger partial charge is 0.331 e. The first-order valence-electron chi connectivity index (χ1n) is 13.7. The molecule has 1 aromatic carbocycles. The number of carbonyl (C=O) groups excluding carboxylic acids is 1. The minimum absolute atomic E-state index is 0.0160. The standard InChI is InChI=1S/C29H34Cl2N6O4/c1-35-7-9-37(10-8-35)29-32-16-25(17-33-29)41-27-12-20(11-26(34-27)21-13-22(30)15-23(31)14-21)18-36-5-3-24(4-6-36)40-19-28(38)39-2/h11-17,24H,3-10,18-19H2,1-2H3. The van der Waals surface area contributed by atoms with E-state index in [4.69, 9.17) is 37.7 Å². The van der Waals surface area contributed by atoms with Gasteiger partial charge in [0.2, 0.25) is 11.8 Å². The van der Waals surface area contributed by atoms with Gasteiger partial charge in [0.05, 0.1) is 31.3 Å². The highest BCUT2D eigenvalue weighted by atomic mass is 35.5. The van der Waals surface area contributed by atoms with E-state index in [9.17, 15) is 4.79 Å². The Bertz CT molecular complexity index is 1310. The quantitative estimate of drug-likeness (QED) is 0.326. The zero-order chi connectivity index (χ0) is 28.8. The zero-order valence-electron chi connectivity index (χ0n) is 23.3. The second kappa shape index (κ2) is 13.8. The average Bonchev–Trinajstić information content (AvgIpc) is 2.97. The number of hydrogen-bond donors (Lipinski definition) is 0. The summed E-state index contributed by atoms with van der Waals surface area (Å²) in [6.07, 6.45) is 5.08. The molecule has 0 spiro atoms. The SMILES string of the molecule is COC(=O)COC1CCN(Cc2cc(Oc3cnc(N4CCN(C)CC4)nc3)nc(-c3cc(Cl)cc(Cl)c3)c2)CC1. The number of esters is 1. The van der Waals surface area contributed by atoms with Crippen molar-refractivity contribution in [2.45, 2.75) is 25.5 Å². The van der Waals surface area contributed by atoms with E-state index in [0.717, 1.165) is 63.2 Å². The molecule has 2 aliphatic heterocycles. The van der Waals surface area contributed by atoms with Crippen molar-refractivity contribution in [1.29, 1.82) is 0 Å². The lowest BCUT2D eigenvalue weighted by molar-refractivity contribution is -0.149. The van der Waals surface area contributed by atoms with Crippen molar-refractivity contribution in [3.63, 3.8) is 0 Å². The number of halogens is 2. The number of carbonyl (C=O) groups is 1. The van der Waals surface area contributed by atoms with Crippen molar-refractivity contribution < 1.29 is 19.0 Å². The minimum atomic E-state index is -0.357. The summed E-state index contributed by atoms with van der Waals surface area (Å²) in [5.74, 6) is 1.28. The van der Waals surface area contributed by atoms with Crippen LogP contribution in [0.5, 0.6) is 11.6 Å². The predicted molar refractivity (Wildman–Crippen MR) is 158 cm³/mol. The fraction of sp³-hybridized carbons (Fsp3) is 0.448. The number of aromatic nitrogens is 3. The molecule has 41 heavy (non-hydrogen) atoms. The topological polar surface area (TPSA) is 93.1 Å². The van der Waals surface area contributed by atoms with Crippen LogP contribution in [0.1, 0.15) is 18.4 Å². The van der Waals surface area contributed by atoms with Gasteiger partial charge >= 0.3 is 5.97 Å². The fourth-order valence-corrected chi connectivity index (χ4v) is 5.47. The van der Waals surface area contributed by atoms with E-state index in [0.29, 0.717) is 39.9 Å². The van der Waals surface area contributed by atoms with Gasteiger partial charge in [-0.15, -0.1) is 0 Å². The average molecular weight is 602 g/mol. The summed E-state index contributed by atoms with van der Waals surface area (Å²) in [7, 11) is 3.48. The summed E-state index contributed by atoms with van der Waals surface area (Å²) in [6.45, 7) is 6.09. The van der Waals surface area contributed by atoms with Gasteiger partial charge in [-0.1, -0.05) is 23.2 Å². The number of piperidine rings is 1. The second-order valence-electron chi connectivity index (χ2n) is 10.3. The molecule has 218 valence electrons. The van der Waals surface area contributed by atoms with Crippen molar-refractivity contribution in [3.05, 3.63) is 58.3 Å². The third-order valence-corrected chi connectivity index (χ3v) is 7.68. The Balaban J connectivity index is 1.31. The molecule has 0 amide bonds. The Hall–Kier alpha value is -3.02. The Labute approximate surface area is 250 Å². The highest BCUT2D eigenvalue weighted by Gasteiger charge is 2.22. The molecule has 0 aliphatic carbocycles. The number of piperazine rings is 1. The van der Waals surface area contributed by atoms with Gasteiger partial charge in [0.15, 0.2) is 5.75 Å². The summed E-state index contributed by atoms with van der Waals surface area (Å²) in [6, 6.07) is 9.33. The van der Waals surface area contributed by atoms with Gasteiger partial charge in [-0.2, -0.15) is 0 Å². The number of rotatable bonds is 9. The molecule has 5 rings (SSSR count). The molecule has 2 fully saturated rings. The third-order valence-electron chi connectivity index (χ3n) is 7.25. The lowest BCUT2D eigenvalue weighted by Crippen LogP contribution is -2.45. The summed E-state index contributed by atoms with van der Waals surface area (Å²) in [4.78, 5) is 32.1. The molecule has 10 nitrogen and oxygen atoms in total. The van der Waals surface area contributed by atoms with Crippen LogP contribution < -0.4 is 9.64 Å². The fourth-order valence-electron chi connectivity index (χ4n) is 4.94. The molecule has 0 saturated carbocycles. The molecular formula is C29H34Cl2N6O4. The van der Waals surface area contributed by atoms with Crippen LogP contribution in [0, 0.1) is 0 Å². The molecule has 12 heteroatoms. The molecule has 0 bridgehead atoms. The number of pyridine rings is 1. The van der Waals surface area contributed by atoms with Crippen molar-refractivity contribution >= 4 is 35.1 Å². The monoisotopic (exact) mass is 600 g/mol. The van der Waals surface area contributed by atoms with Gasteiger partial charge < -0.3 is 24.0 Å². The van der Waals surface area contributed by atoms with Crippen LogP contribution >= 0.6 is 23.2 Å². The minimum Gasteiger partial charge on any atom is -0.467 e. The van der Waals surface area contributed by atoms with Crippen molar-refractivity contribution in [2.75, 3.05) is 64.9 Å². The van der Waals surface area contributed by atoms with E-state index < -0.39 is 0 Å². The van der Waals surface area contributed by atoms with E-state index in [1.54, 1.807) is 18.5 Å². The molecule has 0 radical (unpaired) electrons. The van der Waals surface area contributed by atoms with Gasteiger partial charge in [-0.05, 0) is 49.7 Å². The Morgan fingerprint density at radius 2 is 1.63 bits per heavy atom. The Kier molecular flexibility index (Phi) is 9.89. The number of likely N-dealkylation sites (tertiary alicyclic amines) is 1. The molecule has 0 unspecified atom stereocenters. The first kappa shape index (κ1) is 29.5. The highest BCUT2D eigenvalue weighted by molar-refractivity contribution is 6.35. The maximum Gasteiger partial charge on any atom is 0.331 e. The lowest BCUT2D eigenvalue weighted by Gasteiger charge is -2.32. The predicted octanol–water partition coefficient (Wildman–Crippen LogP) is 4.54. The zero-order valence-corrected chi connectivity index (χ0v) is 24.8. The number of likely N-dealkylation sites (N-methyl/N-ethyl adjacent to an activating group) is 1. The molecule has 0 atom stereocenters. The van der Waals surface area contributed by atoms with Crippen LogP contribution in [-0.4, -0.2) is 96.9 Å². The molecule has 3 aromatic rings. The van der Waals surface area contributed by atoms with Crippen LogP contribution in [0.3, 0.4) is 0 Å². The Morgan fingerprint density at radius 1 is 0.951 bits per heavy atom. The van der Waals surface area contributed by atoms with Crippen molar-refractivity contribution in [2.24, 2.45) is 0 Å². The normalized spacial score (nSPS) is 17.0. The summed E-state index contributed by atoms with van der Waals surface area (Å²) >= 11 is 12.6. The van der Waals surface area contributed by atoms with Crippen LogP contribution in [0.2, 0.25) is 10.0 Å². The van der Waals surface area contributed by atoms with E-state index in [-0.39, 0.29) is 18.7 Å². The van der Waals surface area contributed by atoms with E-state index in [1.807, 2.05) is 24.3 Å².